The van der Waals surface area contributed by atoms with E-state index in [9.17, 15) is 4.79 Å². The SMILES string of the molecule is Nc1ccncc1CC(=O)CC1(N)CCCCC1. The molecule has 0 aliphatic heterocycles. The van der Waals surface area contributed by atoms with Crippen LogP contribution >= 0.6 is 0 Å². The van der Waals surface area contributed by atoms with E-state index in [0.717, 1.165) is 31.2 Å². The van der Waals surface area contributed by atoms with Gasteiger partial charge in [0.05, 0.1) is 0 Å². The lowest BCUT2D eigenvalue weighted by atomic mass is 9.78. The molecule has 1 aliphatic carbocycles. The Labute approximate surface area is 108 Å². The average molecular weight is 247 g/mol. The minimum atomic E-state index is -0.285. The van der Waals surface area contributed by atoms with Crippen molar-refractivity contribution in [1.82, 2.24) is 4.98 Å². The molecule has 0 amide bonds. The molecule has 1 aromatic heterocycles. The van der Waals surface area contributed by atoms with Crippen LogP contribution in [0.5, 0.6) is 0 Å². The Kier molecular flexibility index (Phi) is 3.97. The summed E-state index contributed by atoms with van der Waals surface area (Å²) in [7, 11) is 0. The Morgan fingerprint density at radius 1 is 1.33 bits per heavy atom. The minimum absolute atomic E-state index is 0.166. The minimum Gasteiger partial charge on any atom is -0.398 e. The molecule has 1 aromatic rings. The number of hydrogen-bond donors (Lipinski definition) is 2. The first-order valence-electron chi connectivity index (χ1n) is 6.58. The molecule has 0 atom stereocenters. The van der Waals surface area contributed by atoms with Gasteiger partial charge in [-0.05, 0) is 18.9 Å². The number of carbonyl (C=O) groups is 1. The Morgan fingerprint density at radius 2 is 2.06 bits per heavy atom. The smallest absolute Gasteiger partial charge is 0.139 e. The van der Waals surface area contributed by atoms with Gasteiger partial charge >= 0.3 is 0 Å². The second-order valence-electron chi connectivity index (χ2n) is 5.39. The molecule has 4 nitrogen and oxygen atoms in total. The van der Waals surface area contributed by atoms with E-state index in [1.807, 2.05) is 0 Å². The molecule has 4 N–H and O–H groups in total. The third-order valence-electron chi connectivity index (χ3n) is 3.73. The van der Waals surface area contributed by atoms with Gasteiger partial charge in [0.1, 0.15) is 5.78 Å². The van der Waals surface area contributed by atoms with Crippen LogP contribution in [0.4, 0.5) is 5.69 Å². The standard InChI is InChI=1S/C14H21N3O/c15-13-4-7-17-10-11(13)8-12(18)9-14(16)5-2-1-3-6-14/h4,7,10H,1-3,5-6,8-9,16H2,(H2,15,17). The first kappa shape index (κ1) is 13.0. The van der Waals surface area contributed by atoms with Crippen molar-refractivity contribution < 1.29 is 4.79 Å². The number of rotatable bonds is 4. The molecule has 18 heavy (non-hydrogen) atoms. The fraction of sp³-hybridized carbons (Fsp3) is 0.571. The van der Waals surface area contributed by atoms with Gasteiger partial charge in [-0.3, -0.25) is 9.78 Å². The molecule has 0 unspecified atom stereocenters. The molecule has 1 heterocycles. The van der Waals surface area contributed by atoms with Crippen LogP contribution in [-0.4, -0.2) is 16.3 Å². The molecule has 4 heteroatoms. The quantitative estimate of drug-likeness (QED) is 0.850. The highest BCUT2D eigenvalue weighted by molar-refractivity contribution is 5.83. The lowest BCUT2D eigenvalue weighted by Gasteiger charge is -2.32. The summed E-state index contributed by atoms with van der Waals surface area (Å²) in [6.07, 6.45) is 9.54. The maximum atomic E-state index is 12.1. The number of anilines is 1. The van der Waals surface area contributed by atoms with Crippen molar-refractivity contribution in [2.24, 2.45) is 5.73 Å². The molecule has 0 bridgehead atoms. The van der Waals surface area contributed by atoms with E-state index in [4.69, 9.17) is 11.5 Å². The maximum absolute atomic E-state index is 12.1. The van der Waals surface area contributed by atoms with Crippen molar-refractivity contribution in [3.63, 3.8) is 0 Å². The zero-order valence-electron chi connectivity index (χ0n) is 10.7. The molecular formula is C14H21N3O. The van der Waals surface area contributed by atoms with Gasteiger partial charge in [-0.25, -0.2) is 0 Å². The molecule has 0 aromatic carbocycles. The van der Waals surface area contributed by atoms with Gasteiger partial charge < -0.3 is 11.5 Å². The van der Waals surface area contributed by atoms with Gasteiger partial charge in [-0.15, -0.1) is 0 Å². The number of Topliss-reactive ketones (excluding diaryl/α,β-unsaturated/α-hetero) is 1. The Bertz CT molecular complexity index is 425. The molecular weight excluding hydrogens is 226 g/mol. The lowest BCUT2D eigenvalue weighted by molar-refractivity contribution is -0.119. The summed E-state index contributed by atoms with van der Waals surface area (Å²) in [6.45, 7) is 0. The van der Waals surface area contributed by atoms with Crippen molar-refractivity contribution in [2.75, 3.05) is 5.73 Å². The molecule has 1 aliphatic rings. The fourth-order valence-electron chi connectivity index (χ4n) is 2.69. The van der Waals surface area contributed by atoms with E-state index in [-0.39, 0.29) is 11.3 Å². The van der Waals surface area contributed by atoms with E-state index in [1.165, 1.54) is 6.42 Å². The van der Waals surface area contributed by atoms with Crippen LogP contribution < -0.4 is 11.5 Å². The highest BCUT2D eigenvalue weighted by Crippen LogP contribution is 2.29. The molecule has 0 radical (unpaired) electrons. The Balaban J connectivity index is 1.94. The van der Waals surface area contributed by atoms with E-state index < -0.39 is 0 Å². The third kappa shape index (κ3) is 3.29. The van der Waals surface area contributed by atoms with Crippen molar-refractivity contribution in [2.45, 2.75) is 50.5 Å². The molecule has 0 saturated heterocycles. The second kappa shape index (κ2) is 5.48. The van der Waals surface area contributed by atoms with E-state index in [1.54, 1.807) is 18.5 Å². The Hall–Kier alpha value is -1.42. The molecule has 2 rings (SSSR count). The second-order valence-corrected chi connectivity index (χ2v) is 5.39. The average Bonchev–Trinajstić information content (AvgIpc) is 2.32. The summed E-state index contributed by atoms with van der Waals surface area (Å²) in [6, 6.07) is 1.72. The van der Waals surface area contributed by atoms with Gasteiger partial charge in [0, 0.05) is 42.0 Å². The molecule has 0 spiro atoms. The molecule has 1 saturated carbocycles. The van der Waals surface area contributed by atoms with E-state index in [0.29, 0.717) is 18.5 Å². The van der Waals surface area contributed by atoms with Crippen LogP contribution in [0, 0.1) is 0 Å². The van der Waals surface area contributed by atoms with Gasteiger partial charge in [0.15, 0.2) is 0 Å². The maximum Gasteiger partial charge on any atom is 0.139 e. The highest BCUT2D eigenvalue weighted by atomic mass is 16.1. The van der Waals surface area contributed by atoms with Crippen LogP contribution in [0.2, 0.25) is 0 Å². The zero-order valence-corrected chi connectivity index (χ0v) is 10.7. The zero-order chi connectivity index (χ0) is 13.0. The fourth-order valence-corrected chi connectivity index (χ4v) is 2.69. The number of ketones is 1. The van der Waals surface area contributed by atoms with Crippen LogP contribution in [0.25, 0.3) is 0 Å². The largest absolute Gasteiger partial charge is 0.398 e. The monoisotopic (exact) mass is 247 g/mol. The number of nitrogen functional groups attached to an aromatic ring is 1. The molecule has 1 fully saturated rings. The van der Waals surface area contributed by atoms with Crippen LogP contribution in [0.1, 0.15) is 44.1 Å². The van der Waals surface area contributed by atoms with Crippen LogP contribution in [0.3, 0.4) is 0 Å². The number of nitrogens with two attached hydrogens (primary N) is 2. The third-order valence-corrected chi connectivity index (χ3v) is 3.73. The van der Waals surface area contributed by atoms with Crippen molar-refractivity contribution in [3.8, 4) is 0 Å². The number of carbonyl (C=O) groups excluding carboxylic acids is 1. The topological polar surface area (TPSA) is 82.0 Å². The first-order valence-corrected chi connectivity index (χ1v) is 6.58. The summed E-state index contributed by atoms with van der Waals surface area (Å²) in [5.74, 6) is 0.166. The van der Waals surface area contributed by atoms with E-state index in [2.05, 4.69) is 4.98 Å². The summed E-state index contributed by atoms with van der Waals surface area (Å²) < 4.78 is 0. The van der Waals surface area contributed by atoms with Crippen molar-refractivity contribution in [1.29, 1.82) is 0 Å². The number of aromatic nitrogens is 1. The van der Waals surface area contributed by atoms with Gasteiger partial charge in [-0.2, -0.15) is 0 Å². The van der Waals surface area contributed by atoms with Gasteiger partial charge in [0.25, 0.3) is 0 Å². The van der Waals surface area contributed by atoms with Gasteiger partial charge in [0.2, 0.25) is 0 Å². The predicted octanol–water partition coefficient (Wildman–Crippen LogP) is 1.83. The van der Waals surface area contributed by atoms with Crippen molar-refractivity contribution in [3.05, 3.63) is 24.0 Å². The Morgan fingerprint density at radius 3 is 2.72 bits per heavy atom. The summed E-state index contributed by atoms with van der Waals surface area (Å²) in [5.41, 5.74) is 13.2. The van der Waals surface area contributed by atoms with E-state index >= 15 is 0 Å². The van der Waals surface area contributed by atoms with Crippen molar-refractivity contribution >= 4 is 11.5 Å². The molecule has 98 valence electrons. The number of hydrogen-bond acceptors (Lipinski definition) is 4. The lowest BCUT2D eigenvalue weighted by Crippen LogP contribution is -2.43. The van der Waals surface area contributed by atoms with Gasteiger partial charge in [-0.1, -0.05) is 19.3 Å². The summed E-state index contributed by atoms with van der Waals surface area (Å²) >= 11 is 0. The summed E-state index contributed by atoms with van der Waals surface area (Å²) in [5, 5.41) is 0. The normalized spacial score (nSPS) is 18.5. The number of nitrogens with zero attached hydrogens (tertiary/aromatic N) is 1. The van der Waals surface area contributed by atoms with Crippen LogP contribution in [0.15, 0.2) is 18.5 Å². The first-order chi connectivity index (χ1) is 8.59. The number of pyridine rings is 1. The highest BCUT2D eigenvalue weighted by Gasteiger charge is 2.29. The summed E-state index contributed by atoms with van der Waals surface area (Å²) in [4.78, 5) is 16.1. The predicted molar refractivity (Wildman–Crippen MR) is 72.0 cm³/mol. The van der Waals surface area contributed by atoms with Crippen LogP contribution in [-0.2, 0) is 11.2 Å².